The van der Waals surface area contributed by atoms with E-state index in [0.29, 0.717) is 30.9 Å². The topological polar surface area (TPSA) is 70.8 Å². The number of nitrogens with zero attached hydrogens (tertiary/aromatic N) is 4. The van der Waals surface area contributed by atoms with Gasteiger partial charge < -0.3 is 19.6 Å². The first-order chi connectivity index (χ1) is 19.4. The lowest BCUT2D eigenvalue weighted by Crippen LogP contribution is -2.32. The summed E-state index contributed by atoms with van der Waals surface area (Å²) < 4.78 is 7.45. The van der Waals surface area contributed by atoms with Crippen molar-refractivity contribution >= 4 is 11.6 Å². The highest BCUT2D eigenvalue weighted by Gasteiger charge is 2.32. The maximum Gasteiger partial charge on any atom is 0.253 e. The Balaban J connectivity index is 1.62. The third-order valence-corrected chi connectivity index (χ3v) is 8.45. The maximum absolute atomic E-state index is 13.0. The van der Waals surface area contributed by atoms with Crippen LogP contribution in [0.2, 0.25) is 0 Å². The Morgan fingerprint density at radius 1 is 1.10 bits per heavy atom. The number of amides is 1. The van der Waals surface area contributed by atoms with E-state index in [1.54, 1.807) is 19.1 Å². The van der Waals surface area contributed by atoms with Gasteiger partial charge in [-0.3, -0.25) is 4.79 Å². The van der Waals surface area contributed by atoms with E-state index >= 15 is 0 Å². The molecule has 40 heavy (non-hydrogen) atoms. The molecule has 4 rings (SSSR count). The second-order valence-electron chi connectivity index (χ2n) is 11.1. The van der Waals surface area contributed by atoms with Gasteiger partial charge in [-0.25, -0.2) is 4.68 Å². The summed E-state index contributed by atoms with van der Waals surface area (Å²) in [6.07, 6.45) is 10.2. The Morgan fingerprint density at radius 2 is 1.82 bits per heavy atom. The van der Waals surface area contributed by atoms with Crippen molar-refractivity contribution in [3.05, 3.63) is 71.5 Å². The summed E-state index contributed by atoms with van der Waals surface area (Å²) in [5, 5.41) is 14.9. The average molecular weight is 547 g/mol. The van der Waals surface area contributed by atoms with E-state index in [9.17, 15) is 9.90 Å². The molecule has 0 radical (unpaired) electrons. The number of anilines is 1. The van der Waals surface area contributed by atoms with Crippen LogP contribution >= 0.6 is 0 Å². The molecule has 216 valence electrons. The number of rotatable bonds is 12. The first kappa shape index (κ1) is 29.7. The van der Waals surface area contributed by atoms with Crippen LogP contribution in [-0.2, 0) is 6.42 Å². The number of aliphatic hydroxyl groups excluding tert-OH is 1. The van der Waals surface area contributed by atoms with E-state index in [1.165, 1.54) is 37.7 Å². The predicted octanol–water partition coefficient (Wildman–Crippen LogP) is 6.43. The van der Waals surface area contributed by atoms with Gasteiger partial charge in [-0.1, -0.05) is 39.2 Å². The molecule has 1 N–H and O–H groups in total. The van der Waals surface area contributed by atoms with Crippen LogP contribution < -0.4 is 9.64 Å². The minimum Gasteiger partial charge on any atom is -0.497 e. The van der Waals surface area contributed by atoms with Gasteiger partial charge in [-0.15, -0.1) is 0 Å². The van der Waals surface area contributed by atoms with Crippen LogP contribution in [0.5, 0.6) is 5.75 Å². The number of ether oxygens (including phenoxy) is 1. The molecule has 1 amide bonds. The zero-order valence-electron chi connectivity index (χ0n) is 24.8. The molecule has 0 saturated heterocycles. The molecule has 1 saturated carbocycles. The fraction of sp³-hybridized carbons (Fsp3) is 0.515. The summed E-state index contributed by atoms with van der Waals surface area (Å²) in [5.41, 5.74) is 5.14. The molecule has 2 aromatic carbocycles. The summed E-state index contributed by atoms with van der Waals surface area (Å²) in [4.78, 5) is 17.1. The number of hydrogen-bond donors (Lipinski definition) is 1. The highest BCUT2D eigenvalue weighted by Crippen LogP contribution is 2.41. The van der Waals surface area contributed by atoms with E-state index < -0.39 is 0 Å². The lowest BCUT2D eigenvalue weighted by atomic mass is 9.80. The minimum atomic E-state index is -0.371. The summed E-state index contributed by atoms with van der Waals surface area (Å²) >= 11 is 0. The molecule has 1 aliphatic rings. The van der Waals surface area contributed by atoms with E-state index in [0.717, 1.165) is 29.2 Å². The molecule has 2 atom stereocenters. The molecule has 0 aliphatic heterocycles. The molecule has 7 heteroatoms. The molecular formula is C33H46N4O3. The van der Waals surface area contributed by atoms with Gasteiger partial charge in [-0.2, -0.15) is 5.10 Å². The van der Waals surface area contributed by atoms with Gasteiger partial charge in [0.15, 0.2) is 0 Å². The quantitative estimate of drug-likeness (QED) is 0.283. The molecule has 1 heterocycles. The number of carbonyl (C=O) groups excluding carboxylic acids is 1. The summed E-state index contributed by atoms with van der Waals surface area (Å²) in [6.45, 7) is 4.67. The average Bonchev–Trinajstić information content (AvgIpc) is 3.44. The Labute approximate surface area is 239 Å². The Bertz CT molecular complexity index is 1230. The molecule has 0 bridgehead atoms. The van der Waals surface area contributed by atoms with Crippen LogP contribution in [0.25, 0.3) is 5.69 Å². The Kier molecular flexibility index (Phi) is 10.3. The van der Waals surface area contributed by atoms with Gasteiger partial charge in [0.25, 0.3) is 5.91 Å². The summed E-state index contributed by atoms with van der Waals surface area (Å²) in [7, 11) is 5.67. The van der Waals surface area contributed by atoms with Crippen molar-refractivity contribution in [2.75, 3.05) is 32.6 Å². The molecule has 0 spiro atoms. The van der Waals surface area contributed by atoms with Crippen LogP contribution in [0.4, 0.5) is 5.69 Å². The first-order valence-corrected chi connectivity index (χ1v) is 14.9. The molecule has 7 nitrogen and oxygen atoms in total. The van der Waals surface area contributed by atoms with Crippen molar-refractivity contribution in [1.29, 1.82) is 0 Å². The van der Waals surface area contributed by atoms with E-state index in [-0.39, 0.29) is 18.1 Å². The Hall–Kier alpha value is -3.32. The fourth-order valence-electron chi connectivity index (χ4n) is 5.93. The van der Waals surface area contributed by atoms with Crippen molar-refractivity contribution < 1.29 is 14.6 Å². The fourth-order valence-corrected chi connectivity index (χ4v) is 5.93. The second kappa shape index (κ2) is 13.8. The number of aliphatic hydroxyl groups is 1. The van der Waals surface area contributed by atoms with Crippen molar-refractivity contribution in [1.82, 2.24) is 14.7 Å². The summed E-state index contributed by atoms with van der Waals surface area (Å²) in [6, 6.07) is 16.2. The first-order valence-electron chi connectivity index (χ1n) is 14.9. The van der Waals surface area contributed by atoms with Crippen LogP contribution in [0.1, 0.15) is 86.5 Å². The highest BCUT2D eigenvalue weighted by atomic mass is 16.5. The van der Waals surface area contributed by atoms with Crippen LogP contribution in [0.3, 0.4) is 0 Å². The van der Waals surface area contributed by atoms with Gasteiger partial charge in [0.05, 0.1) is 30.6 Å². The SMILES string of the molecule is CCc1nn(-c2cccc(OC)c2)cc1C(C1CCCCC1)N(C)c1ccc(C(=O)N(C)CCC(O)CC)cc1. The van der Waals surface area contributed by atoms with Crippen LogP contribution in [-0.4, -0.2) is 59.5 Å². The molecule has 2 unspecified atom stereocenters. The largest absolute Gasteiger partial charge is 0.497 e. The molecule has 1 aromatic heterocycles. The monoisotopic (exact) mass is 546 g/mol. The van der Waals surface area contributed by atoms with E-state index in [1.807, 2.05) is 41.9 Å². The molecule has 3 aromatic rings. The molecular weight excluding hydrogens is 500 g/mol. The van der Waals surface area contributed by atoms with Gasteiger partial charge in [0, 0.05) is 49.7 Å². The van der Waals surface area contributed by atoms with Crippen molar-refractivity contribution in [2.24, 2.45) is 5.92 Å². The third-order valence-electron chi connectivity index (χ3n) is 8.45. The number of benzene rings is 2. The lowest BCUT2D eigenvalue weighted by Gasteiger charge is -2.38. The zero-order chi connectivity index (χ0) is 28.6. The van der Waals surface area contributed by atoms with Gasteiger partial charge in [-0.05, 0) is 74.4 Å². The maximum atomic E-state index is 13.0. The lowest BCUT2D eigenvalue weighted by molar-refractivity contribution is 0.0759. The van der Waals surface area contributed by atoms with Crippen molar-refractivity contribution in [3.8, 4) is 11.4 Å². The number of aryl methyl sites for hydroxylation is 1. The second-order valence-corrected chi connectivity index (χ2v) is 11.1. The minimum absolute atomic E-state index is 0.0193. The van der Waals surface area contributed by atoms with Gasteiger partial charge in [0.2, 0.25) is 0 Å². The number of carbonyl (C=O) groups is 1. The van der Waals surface area contributed by atoms with Crippen molar-refractivity contribution in [3.63, 3.8) is 0 Å². The molecule has 1 aliphatic carbocycles. The third kappa shape index (κ3) is 6.87. The smallest absolute Gasteiger partial charge is 0.253 e. The normalized spacial score (nSPS) is 15.4. The van der Waals surface area contributed by atoms with Crippen molar-refractivity contribution in [2.45, 2.75) is 77.4 Å². The van der Waals surface area contributed by atoms with E-state index in [2.05, 4.69) is 43.3 Å². The number of hydrogen-bond acceptors (Lipinski definition) is 5. The van der Waals surface area contributed by atoms with E-state index in [4.69, 9.17) is 9.84 Å². The number of aromatic nitrogens is 2. The van der Waals surface area contributed by atoms with Gasteiger partial charge >= 0.3 is 0 Å². The van der Waals surface area contributed by atoms with Crippen LogP contribution in [0.15, 0.2) is 54.7 Å². The standard InChI is InChI=1S/C33H46N4O3/c1-6-28(38)20-21-35(3)33(39)25-16-18-26(19-17-25)36(4)32(24-12-9-8-10-13-24)30-23-37(34-31(30)7-2)27-14-11-15-29(22-27)40-5/h11,14-19,22-24,28,32,38H,6-10,12-13,20-21H2,1-5H3. The van der Waals surface area contributed by atoms with Crippen LogP contribution in [0, 0.1) is 5.92 Å². The number of methoxy groups -OCH3 is 1. The zero-order valence-corrected chi connectivity index (χ0v) is 24.8. The summed E-state index contributed by atoms with van der Waals surface area (Å²) in [5.74, 6) is 1.33. The molecule has 1 fully saturated rings. The predicted molar refractivity (Wildman–Crippen MR) is 162 cm³/mol. The Morgan fingerprint density at radius 3 is 2.48 bits per heavy atom. The highest BCUT2D eigenvalue weighted by molar-refractivity contribution is 5.94. The van der Waals surface area contributed by atoms with Gasteiger partial charge in [0.1, 0.15) is 5.75 Å².